The highest BCUT2D eigenvalue weighted by atomic mass is 19.4. The van der Waals surface area contributed by atoms with Crippen LogP contribution in [0.5, 0.6) is 11.6 Å². The first kappa shape index (κ1) is 22.1. The van der Waals surface area contributed by atoms with Gasteiger partial charge in [-0.05, 0) is 37.6 Å². The minimum absolute atomic E-state index is 0.112. The van der Waals surface area contributed by atoms with Crippen LogP contribution in [0.15, 0.2) is 30.3 Å². The third kappa shape index (κ3) is 4.55. The number of pyridine rings is 1. The largest absolute Gasteiger partial charge is 0.482 e. The van der Waals surface area contributed by atoms with Crippen molar-refractivity contribution in [1.82, 2.24) is 15.2 Å². The standard InChI is InChI=1S/C22H23F3N4O3/c1-12(14-5-4-6-15(9-14)22(23,24)25)26-20-17-10-18(32-16-7-8-31-11-16)21(30-3)27-19(17)13(2)28-29-20/h4-6,9-10,12,16H,7-8,11H2,1-3H3,(H,26,29)/t12-,16+/m1/s1. The zero-order valence-electron chi connectivity index (χ0n) is 17.9. The summed E-state index contributed by atoms with van der Waals surface area (Å²) in [4.78, 5) is 4.54. The molecule has 1 aliphatic heterocycles. The first-order valence-corrected chi connectivity index (χ1v) is 10.2. The van der Waals surface area contributed by atoms with Gasteiger partial charge in [0.15, 0.2) is 11.6 Å². The quantitative estimate of drug-likeness (QED) is 0.586. The first-order chi connectivity index (χ1) is 15.3. The Bertz CT molecular complexity index is 1120. The van der Waals surface area contributed by atoms with Crippen LogP contribution in [0.1, 0.15) is 36.2 Å². The fourth-order valence-corrected chi connectivity index (χ4v) is 3.56. The third-order valence-corrected chi connectivity index (χ3v) is 5.29. The second-order valence-corrected chi connectivity index (χ2v) is 7.62. The van der Waals surface area contributed by atoms with Crippen molar-refractivity contribution in [2.75, 3.05) is 25.6 Å². The van der Waals surface area contributed by atoms with Gasteiger partial charge in [0.2, 0.25) is 0 Å². The molecular formula is C22H23F3N4O3. The molecule has 1 saturated heterocycles. The van der Waals surface area contributed by atoms with Gasteiger partial charge in [-0.2, -0.15) is 18.3 Å². The van der Waals surface area contributed by atoms with Crippen molar-refractivity contribution in [3.8, 4) is 11.6 Å². The van der Waals surface area contributed by atoms with Crippen LogP contribution < -0.4 is 14.8 Å². The second kappa shape index (κ2) is 8.78. The Morgan fingerprint density at radius 1 is 1.22 bits per heavy atom. The third-order valence-electron chi connectivity index (χ3n) is 5.29. The number of anilines is 1. The van der Waals surface area contributed by atoms with Gasteiger partial charge in [-0.15, -0.1) is 5.10 Å². The summed E-state index contributed by atoms with van der Waals surface area (Å²) in [5.41, 5.74) is 0.915. The van der Waals surface area contributed by atoms with Crippen molar-refractivity contribution in [2.24, 2.45) is 0 Å². The zero-order chi connectivity index (χ0) is 22.9. The summed E-state index contributed by atoms with van der Waals surface area (Å²) in [5.74, 6) is 1.15. The van der Waals surface area contributed by atoms with Gasteiger partial charge in [-0.25, -0.2) is 4.98 Å². The van der Waals surface area contributed by atoms with Crippen molar-refractivity contribution >= 4 is 16.7 Å². The SMILES string of the molecule is COc1nc2c(C)nnc(N[C@H](C)c3cccc(C(F)(F)F)c3)c2cc1O[C@H]1CCOC1. The van der Waals surface area contributed by atoms with Gasteiger partial charge < -0.3 is 19.5 Å². The Morgan fingerprint density at radius 2 is 2.03 bits per heavy atom. The number of fused-ring (bicyclic) bond motifs is 1. The number of ether oxygens (including phenoxy) is 3. The van der Waals surface area contributed by atoms with E-state index in [0.29, 0.717) is 52.8 Å². The summed E-state index contributed by atoms with van der Waals surface area (Å²) in [7, 11) is 1.50. The Kier molecular flexibility index (Phi) is 6.05. The minimum Gasteiger partial charge on any atom is -0.482 e. The van der Waals surface area contributed by atoms with Crippen molar-refractivity contribution in [2.45, 2.75) is 38.6 Å². The van der Waals surface area contributed by atoms with Gasteiger partial charge in [-0.1, -0.05) is 12.1 Å². The molecule has 0 amide bonds. The van der Waals surface area contributed by atoms with Gasteiger partial charge >= 0.3 is 6.18 Å². The number of halogens is 3. The smallest absolute Gasteiger partial charge is 0.416 e. The highest BCUT2D eigenvalue weighted by Gasteiger charge is 2.31. The molecule has 0 unspecified atom stereocenters. The molecule has 0 spiro atoms. The zero-order valence-corrected chi connectivity index (χ0v) is 17.9. The molecule has 7 nitrogen and oxygen atoms in total. The van der Waals surface area contributed by atoms with E-state index in [4.69, 9.17) is 14.2 Å². The first-order valence-electron chi connectivity index (χ1n) is 10.2. The van der Waals surface area contributed by atoms with E-state index in [1.165, 1.54) is 13.2 Å². The van der Waals surface area contributed by atoms with Crippen LogP contribution in [0.25, 0.3) is 10.9 Å². The number of rotatable bonds is 6. The van der Waals surface area contributed by atoms with Crippen molar-refractivity contribution in [1.29, 1.82) is 0 Å². The molecule has 1 N–H and O–H groups in total. The number of hydrogen-bond donors (Lipinski definition) is 1. The summed E-state index contributed by atoms with van der Waals surface area (Å²) in [5, 5.41) is 12.2. The minimum atomic E-state index is -4.41. The monoisotopic (exact) mass is 448 g/mol. The van der Waals surface area contributed by atoms with Crippen molar-refractivity contribution in [3.63, 3.8) is 0 Å². The molecule has 1 fully saturated rings. The molecule has 1 aromatic carbocycles. The van der Waals surface area contributed by atoms with Crippen molar-refractivity contribution in [3.05, 3.63) is 47.2 Å². The van der Waals surface area contributed by atoms with E-state index < -0.39 is 17.8 Å². The molecule has 3 heterocycles. The fourth-order valence-electron chi connectivity index (χ4n) is 3.56. The lowest BCUT2D eigenvalue weighted by Gasteiger charge is -2.19. The van der Waals surface area contributed by atoms with Crippen LogP contribution in [0, 0.1) is 6.92 Å². The number of methoxy groups -OCH3 is 1. The van der Waals surface area contributed by atoms with E-state index in [9.17, 15) is 13.2 Å². The van der Waals surface area contributed by atoms with Crippen molar-refractivity contribution < 1.29 is 27.4 Å². The molecular weight excluding hydrogens is 425 g/mol. The molecule has 4 rings (SSSR count). The van der Waals surface area contributed by atoms with Crippen LogP contribution in [-0.2, 0) is 10.9 Å². The number of aromatic nitrogens is 3. The summed E-state index contributed by atoms with van der Waals surface area (Å²) in [6.07, 6.45) is -3.77. The molecule has 2 atom stereocenters. The molecule has 1 aliphatic rings. The van der Waals surface area contributed by atoms with E-state index in [1.807, 2.05) is 0 Å². The van der Waals surface area contributed by atoms with Crippen LogP contribution >= 0.6 is 0 Å². The maximum absolute atomic E-state index is 13.1. The van der Waals surface area contributed by atoms with Crippen LogP contribution in [0.2, 0.25) is 0 Å². The maximum Gasteiger partial charge on any atom is 0.416 e. The average molecular weight is 448 g/mol. The Morgan fingerprint density at radius 3 is 2.72 bits per heavy atom. The predicted molar refractivity (Wildman–Crippen MR) is 112 cm³/mol. The summed E-state index contributed by atoms with van der Waals surface area (Å²) in [6.45, 7) is 4.63. The topological polar surface area (TPSA) is 78.4 Å². The van der Waals surface area contributed by atoms with E-state index in [0.717, 1.165) is 18.6 Å². The summed E-state index contributed by atoms with van der Waals surface area (Å²) in [6, 6.07) is 6.49. The molecule has 170 valence electrons. The second-order valence-electron chi connectivity index (χ2n) is 7.62. The maximum atomic E-state index is 13.1. The fraction of sp³-hybridized carbons (Fsp3) is 0.409. The van der Waals surface area contributed by atoms with E-state index >= 15 is 0 Å². The number of hydrogen-bond acceptors (Lipinski definition) is 7. The Balaban J connectivity index is 1.70. The van der Waals surface area contributed by atoms with E-state index in [2.05, 4.69) is 20.5 Å². The summed E-state index contributed by atoms with van der Waals surface area (Å²) < 4.78 is 56.1. The number of benzene rings is 1. The van der Waals surface area contributed by atoms with E-state index in [1.54, 1.807) is 26.0 Å². The Hall–Kier alpha value is -3.14. The van der Waals surface area contributed by atoms with Crippen LogP contribution in [0.4, 0.5) is 19.0 Å². The molecule has 0 saturated carbocycles. The molecule has 0 radical (unpaired) electrons. The predicted octanol–water partition coefficient (Wildman–Crippen LogP) is 4.70. The highest BCUT2D eigenvalue weighted by molar-refractivity contribution is 5.92. The molecule has 0 bridgehead atoms. The molecule has 32 heavy (non-hydrogen) atoms. The van der Waals surface area contributed by atoms with Gasteiger partial charge in [0.05, 0.1) is 43.0 Å². The normalized spacial score (nSPS) is 17.4. The lowest BCUT2D eigenvalue weighted by molar-refractivity contribution is -0.137. The lowest BCUT2D eigenvalue weighted by atomic mass is 10.0. The number of nitrogens with zero attached hydrogens (tertiary/aromatic N) is 3. The van der Waals surface area contributed by atoms with Gasteiger partial charge in [0.1, 0.15) is 11.6 Å². The molecule has 3 aromatic rings. The van der Waals surface area contributed by atoms with Crippen LogP contribution in [-0.4, -0.2) is 41.6 Å². The average Bonchev–Trinajstić information content (AvgIpc) is 3.28. The molecule has 10 heteroatoms. The number of nitrogens with one attached hydrogen (secondary N) is 1. The summed E-state index contributed by atoms with van der Waals surface area (Å²) >= 11 is 0. The van der Waals surface area contributed by atoms with Gasteiger partial charge in [-0.3, -0.25) is 0 Å². The van der Waals surface area contributed by atoms with Crippen LogP contribution in [0.3, 0.4) is 0 Å². The number of alkyl halides is 3. The molecule has 0 aliphatic carbocycles. The van der Waals surface area contributed by atoms with Gasteiger partial charge in [0.25, 0.3) is 5.88 Å². The molecule has 2 aromatic heterocycles. The van der Waals surface area contributed by atoms with Gasteiger partial charge in [0, 0.05) is 6.42 Å². The van der Waals surface area contributed by atoms with E-state index in [-0.39, 0.29) is 6.10 Å². The highest BCUT2D eigenvalue weighted by Crippen LogP contribution is 2.36. The lowest BCUT2D eigenvalue weighted by Crippen LogP contribution is -2.17. The Labute approximate surface area is 182 Å². The number of aryl methyl sites for hydroxylation is 1.